The van der Waals surface area contributed by atoms with Crippen LogP contribution in [0.2, 0.25) is 0 Å². The summed E-state index contributed by atoms with van der Waals surface area (Å²) in [6.45, 7) is 1.76. The van der Waals surface area contributed by atoms with E-state index >= 15 is 0 Å². The molecule has 2 N–H and O–H groups in total. The summed E-state index contributed by atoms with van der Waals surface area (Å²) in [5.41, 5.74) is 8.12. The number of halogens is 1. The molecule has 2 aromatic carbocycles. The normalized spacial score (nSPS) is 11.3. The van der Waals surface area contributed by atoms with E-state index in [0.29, 0.717) is 21.7 Å². The van der Waals surface area contributed by atoms with Gasteiger partial charge >= 0.3 is 0 Å². The van der Waals surface area contributed by atoms with E-state index < -0.39 is 5.25 Å². The quantitative estimate of drug-likeness (QED) is 0.412. The van der Waals surface area contributed by atoms with E-state index in [2.05, 4.69) is 33.1 Å². The van der Waals surface area contributed by atoms with Crippen molar-refractivity contribution in [3.05, 3.63) is 75.8 Å². The molecule has 5 nitrogen and oxygen atoms in total. The topological polar surface area (TPSA) is 104 Å². The maximum Gasteiger partial charge on any atom is 0.175 e. The van der Waals surface area contributed by atoms with Gasteiger partial charge in [-0.1, -0.05) is 70.2 Å². The molecule has 0 spiro atoms. The highest BCUT2D eigenvalue weighted by atomic mass is 79.9. The first-order valence-electron chi connectivity index (χ1n) is 8.61. The average Bonchev–Trinajstić information content (AvgIpc) is 2.74. The molecule has 3 aromatic rings. The van der Waals surface area contributed by atoms with Crippen LogP contribution in [0.25, 0.3) is 11.1 Å². The molecule has 1 aromatic heterocycles. The predicted octanol–water partition coefficient (Wildman–Crippen LogP) is 5.20. The molecule has 0 aliphatic rings. The van der Waals surface area contributed by atoms with E-state index in [0.717, 1.165) is 16.2 Å². The molecule has 0 fully saturated rings. The van der Waals surface area contributed by atoms with Gasteiger partial charge in [-0.15, -0.1) is 0 Å². The fraction of sp³-hybridized carbons (Fsp3) is 0.0909. The van der Waals surface area contributed by atoms with Gasteiger partial charge in [0.1, 0.15) is 28.5 Å². The van der Waals surface area contributed by atoms with E-state index in [4.69, 9.17) is 5.73 Å². The molecule has 0 aliphatic heterocycles. The van der Waals surface area contributed by atoms with Crippen molar-refractivity contribution < 1.29 is 4.79 Å². The average molecular weight is 463 g/mol. The van der Waals surface area contributed by atoms with Crippen molar-refractivity contribution >= 4 is 39.3 Å². The number of pyridine rings is 1. The predicted molar refractivity (Wildman–Crippen MR) is 117 cm³/mol. The van der Waals surface area contributed by atoms with Gasteiger partial charge in [-0.05, 0) is 24.6 Å². The van der Waals surface area contributed by atoms with E-state index in [1.165, 1.54) is 0 Å². The summed E-state index contributed by atoms with van der Waals surface area (Å²) in [6.07, 6.45) is 0. The smallest absolute Gasteiger partial charge is 0.175 e. The lowest BCUT2D eigenvalue weighted by Crippen LogP contribution is -2.14. The van der Waals surface area contributed by atoms with Crippen molar-refractivity contribution in [2.24, 2.45) is 0 Å². The number of nitrogen functional groups attached to an aromatic ring is 1. The van der Waals surface area contributed by atoms with Crippen LogP contribution in [0, 0.1) is 22.7 Å². The highest BCUT2D eigenvalue weighted by molar-refractivity contribution is 9.10. The lowest BCUT2D eigenvalue weighted by molar-refractivity contribution is 0.0994. The Labute approximate surface area is 181 Å². The minimum atomic E-state index is -0.494. The molecular formula is C22H15BrN4OS. The van der Waals surface area contributed by atoms with Crippen LogP contribution in [0.15, 0.2) is 64.1 Å². The van der Waals surface area contributed by atoms with Crippen LogP contribution in [0.4, 0.5) is 5.82 Å². The Bertz CT molecular complexity index is 1150. The van der Waals surface area contributed by atoms with E-state index in [1.54, 1.807) is 43.3 Å². The van der Waals surface area contributed by atoms with Crippen molar-refractivity contribution in [1.82, 2.24) is 4.98 Å². The first-order chi connectivity index (χ1) is 14.0. The number of aromatic nitrogens is 1. The summed E-state index contributed by atoms with van der Waals surface area (Å²) in [7, 11) is 0. The Hall–Kier alpha value is -3.13. The van der Waals surface area contributed by atoms with Gasteiger partial charge in [0.2, 0.25) is 0 Å². The molecule has 1 unspecified atom stereocenters. The van der Waals surface area contributed by atoms with E-state index in [-0.39, 0.29) is 22.7 Å². The molecular weight excluding hydrogens is 448 g/mol. The zero-order valence-electron chi connectivity index (χ0n) is 15.4. The van der Waals surface area contributed by atoms with Gasteiger partial charge in [0.15, 0.2) is 5.78 Å². The minimum absolute atomic E-state index is 0.0381. The molecule has 0 radical (unpaired) electrons. The minimum Gasteiger partial charge on any atom is -0.383 e. The molecule has 29 heavy (non-hydrogen) atoms. The standard InChI is InChI=1S/C22H15BrN4OS/c1-13(20(28)15-7-9-16(23)10-8-15)29-22-18(12-25)19(14-5-3-2-4-6-14)17(11-24)21(26)27-22/h2-10,13H,1H3,(H2,26,27). The number of carbonyl (C=O) groups excluding carboxylic acids is 1. The molecule has 0 amide bonds. The molecule has 0 aliphatic carbocycles. The van der Waals surface area contributed by atoms with Crippen LogP contribution < -0.4 is 5.73 Å². The number of nitrogens with two attached hydrogens (primary N) is 1. The Balaban J connectivity index is 2.05. The largest absolute Gasteiger partial charge is 0.383 e. The number of carbonyl (C=O) groups is 1. The summed E-state index contributed by atoms with van der Waals surface area (Å²) in [6, 6.07) is 20.4. The number of benzene rings is 2. The number of Topliss-reactive ketones (excluding diaryl/α,β-unsaturated/α-hetero) is 1. The number of thioether (sulfide) groups is 1. The summed E-state index contributed by atoms with van der Waals surface area (Å²) < 4.78 is 0.884. The third-order valence-corrected chi connectivity index (χ3v) is 5.88. The maximum absolute atomic E-state index is 12.8. The van der Waals surface area contributed by atoms with Crippen LogP contribution in [-0.2, 0) is 0 Å². The van der Waals surface area contributed by atoms with Crippen molar-refractivity contribution in [2.75, 3.05) is 5.73 Å². The summed E-state index contributed by atoms with van der Waals surface area (Å²) in [5, 5.41) is 19.2. The van der Waals surface area contributed by atoms with Gasteiger partial charge in [-0.3, -0.25) is 4.79 Å². The number of hydrogen-bond donors (Lipinski definition) is 1. The highest BCUT2D eigenvalue weighted by Gasteiger charge is 2.24. The summed E-state index contributed by atoms with van der Waals surface area (Å²) in [5.74, 6) is -0.0477. The molecule has 7 heteroatoms. The van der Waals surface area contributed by atoms with Crippen molar-refractivity contribution in [3.63, 3.8) is 0 Å². The lowest BCUT2D eigenvalue weighted by Gasteiger charge is -2.15. The van der Waals surface area contributed by atoms with Gasteiger partial charge < -0.3 is 5.73 Å². The van der Waals surface area contributed by atoms with E-state index in [9.17, 15) is 15.3 Å². The first-order valence-corrected chi connectivity index (χ1v) is 10.3. The van der Waals surface area contributed by atoms with Crippen molar-refractivity contribution in [2.45, 2.75) is 17.2 Å². The van der Waals surface area contributed by atoms with Crippen LogP contribution >= 0.6 is 27.7 Å². The third kappa shape index (κ3) is 4.32. The molecule has 0 saturated carbocycles. The molecule has 0 saturated heterocycles. The van der Waals surface area contributed by atoms with Crippen LogP contribution in [-0.4, -0.2) is 16.0 Å². The van der Waals surface area contributed by atoms with Crippen LogP contribution in [0.1, 0.15) is 28.4 Å². The number of anilines is 1. The Morgan fingerprint density at radius 3 is 2.28 bits per heavy atom. The second kappa shape index (κ2) is 8.91. The Kier molecular flexibility index (Phi) is 6.33. The number of hydrogen-bond acceptors (Lipinski definition) is 6. The molecule has 142 valence electrons. The van der Waals surface area contributed by atoms with Gasteiger partial charge in [-0.2, -0.15) is 10.5 Å². The zero-order chi connectivity index (χ0) is 21.0. The van der Waals surface area contributed by atoms with Gasteiger partial charge in [0, 0.05) is 15.6 Å². The van der Waals surface area contributed by atoms with Crippen molar-refractivity contribution in [3.8, 4) is 23.3 Å². The van der Waals surface area contributed by atoms with E-state index in [1.807, 2.05) is 18.2 Å². The first kappa shape index (κ1) is 20.6. The second-order valence-corrected chi connectivity index (χ2v) is 8.39. The molecule has 0 bridgehead atoms. The third-order valence-electron chi connectivity index (χ3n) is 4.26. The number of ketones is 1. The van der Waals surface area contributed by atoms with Gasteiger partial charge in [-0.25, -0.2) is 4.98 Å². The Morgan fingerprint density at radius 1 is 1.07 bits per heavy atom. The van der Waals surface area contributed by atoms with Gasteiger partial charge in [0.25, 0.3) is 0 Å². The molecule has 3 rings (SSSR count). The molecule has 1 heterocycles. The second-order valence-electron chi connectivity index (χ2n) is 6.15. The van der Waals surface area contributed by atoms with Crippen LogP contribution in [0.5, 0.6) is 0 Å². The SMILES string of the molecule is CC(Sc1nc(N)c(C#N)c(-c2ccccc2)c1C#N)C(=O)c1ccc(Br)cc1. The van der Waals surface area contributed by atoms with Crippen LogP contribution in [0.3, 0.4) is 0 Å². The maximum atomic E-state index is 12.8. The summed E-state index contributed by atoms with van der Waals surface area (Å²) in [4.78, 5) is 17.1. The molecule has 1 atom stereocenters. The fourth-order valence-electron chi connectivity index (χ4n) is 2.85. The highest BCUT2D eigenvalue weighted by Crippen LogP contribution is 2.37. The lowest BCUT2D eigenvalue weighted by atomic mass is 9.97. The van der Waals surface area contributed by atoms with Gasteiger partial charge in [0.05, 0.1) is 10.8 Å². The Morgan fingerprint density at radius 2 is 1.69 bits per heavy atom. The number of nitriles is 2. The monoisotopic (exact) mass is 462 g/mol. The summed E-state index contributed by atoms with van der Waals surface area (Å²) >= 11 is 4.51. The number of rotatable bonds is 5. The fourth-order valence-corrected chi connectivity index (χ4v) is 4.11. The number of nitrogens with zero attached hydrogens (tertiary/aromatic N) is 3. The van der Waals surface area contributed by atoms with Crippen molar-refractivity contribution in [1.29, 1.82) is 10.5 Å². The zero-order valence-corrected chi connectivity index (χ0v) is 17.8.